The number of hydrogen-bond donors (Lipinski definition) is 1. The van der Waals surface area contributed by atoms with Crippen molar-refractivity contribution >= 4 is 16.9 Å². The zero-order valence-corrected chi connectivity index (χ0v) is 13.6. The Morgan fingerprint density at radius 3 is 3.00 bits per heavy atom. The molecule has 1 unspecified atom stereocenters. The number of nitrogens with two attached hydrogens (primary N) is 1. The number of anilines is 1. The molecule has 2 aliphatic heterocycles. The van der Waals surface area contributed by atoms with Crippen molar-refractivity contribution in [3.05, 3.63) is 33.6 Å². The molecule has 2 aliphatic rings. The van der Waals surface area contributed by atoms with Gasteiger partial charge >= 0.3 is 0 Å². The second kappa shape index (κ2) is 5.32. The van der Waals surface area contributed by atoms with Crippen molar-refractivity contribution in [3.63, 3.8) is 0 Å². The van der Waals surface area contributed by atoms with Gasteiger partial charge < -0.3 is 15.4 Å². The van der Waals surface area contributed by atoms with Gasteiger partial charge in [-0.05, 0) is 37.5 Å². The molecule has 0 spiro atoms. The van der Waals surface area contributed by atoms with E-state index in [9.17, 15) is 4.79 Å². The molecule has 6 heteroatoms. The van der Waals surface area contributed by atoms with E-state index in [-0.39, 0.29) is 11.6 Å². The van der Waals surface area contributed by atoms with Crippen molar-refractivity contribution in [3.8, 4) is 0 Å². The molecule has 6 nitrogen and oxygen atoms in total. The average Bonchev–Trinajstić information content (AvgIpc) is 2.55. The first kappa shape index (κ1) is 14.7. The zero-order valence-electron chi connectivity index (χ0n) is 13.6. The van der Waals surface area contributed by atoms with E-state index in [2.05, 4.69) is 4.90 Å². The van der Waals surface area contributed by atoms with Crippen molar-refractivity contribution in [2.75, 3.05) is 24.7 Å². The van der Waals surface area contributed by atoms with Gasteiger partial charge in [0.1, 0.15) is 0 Å². The third kappa shape index (κ3) is 2.24. The predicted octanol–water partition coefficient (Wildman–Crippen LogP) is 1.33. The molecule has 3 heterocycles. The number of hydrogen-bond acceptors (Lipinski definition) is 5. The smallest absolute Gasteiger partial charge is 0.262 e. The average molecular weight is 314 g/mol. The van der Waals surface area contributed by atoms with Gasteiger partial charge in [-0.3, -0.25) is 9.36 Å². The molecular weight excluding hydrogens is 292 g/mol. The Morgan fingerprint density at radius 1 is 1.39 bits per heavy atom. The summed E-state index contributed by atoms with van der Waals surface area (Å²) in [6, 6.07) is 4.12. The van der Waals surface area contributed by atoms with Crippen LogP contribution in [0.4, 0.5) is 5.95 Å². The van der Waals surface area contributed by atoms with E-state index < -0.39 is 0 Å². The number of ether oxygens (including phenoxy) is 1. The summed E-state index contributed by atoms with van der Waals surface area (Å²) in [6.07, 6.45) is 0.923. The van der Waals surface area contributed by atoms with Crippen LogP contribution in [-0.4, -0.2) is 35.4 Å². The van der Waals surface area contributed by atoms with Crippen molar-refractivity contribution in [2.24, 2.45) is 5.73 Å². The molecule has 2 atom stereocenters. The highest BCUT2D eigenvalue weighted by Gasteiger charge is 2.31. The number of aromatic nitrogens is 2. The van der Waals surface area contributed by atoms with Crippen LogP contribution in [-0.2, 0) is 11.3 Å². The number of benzene rings is 1. The lowest BCUT2D eigenvalue weighted by Crippen LogP contribution is -2.52. The number of morpholine rings is 1. The fraction of sp³-hybridized carbons (Fsp3) is 0.529. The molecule has 2 N–H and O–H groups in total. The second-order valence-corrected chi connectivity index (χ2v) is 6.62. The molecule has 4 rings (SSSR count). The lowest BCUT2D eigenvalue weighted by atomic mass is 10.0. The van der Waals surface area contributed by atoms with Crippen LogP contribution in [0.1, 0.15) is 30.5 Å². The van der Waals surface area contributed by atoms with Gasteiger partial charge in [-0.1, -0.05) is 6.07 Å². The first-order chi connectivity index (χ1) is 11.1. The molecule has 1 saturated heterocycles. The summed E-state index contributed by atoms with van der Waals surface area (Å²) in [5.41, 5.74) is 8.90. The first-order valence-corrected chi connectivity index (χ1v) is 8.21. The van der Waals surface area contributed by atoms with E-state index in [1.807, 2.05) is 30.5 Å². The first-order valence-electron chi connectivity index (χ1n) is 8.21. The van der Waals surface area contributed by atoms with Crippen LogP contribution in [0.2, 0.25) is 0 Å². The van der Waals surface area contributed by atoms with E-state index in [4.69, 9.17) is 15.5 Å². The van der Waals surface area contributed by atoms with E-state index >= 15 is 0 Å². The minimum absolute atomic E-state index is 0.0422. The highest BCUT2D eigenvalue weighted by Crippen LogP contribution is 2.28. The van der Waals surface area contributed by atoms with Crippen molar-refractivity contribution in [1.82, 2.24) is 9.55 Å². The SMILES string of the molecule is Cc1cc([C@@H](C)N)c2nc3n(c(=O)c2c1)CCC1COCCN31. The molecule has 1 aromatic heterocycles. The Hall–Kier alpha value is -1.92. The van der Waals surface area contributed by atoms with Crippen LogP contribution >= 0.6 is 0 Å². The minimum atomic E-state index is -0.156. The third-order valence-electron chi connectivity index (χ3n) is 4.87. The lowest BCUT2D eigenvalue weighted by molar-refractivity contribution is 0.0844. The van der Waals surface area contributed by atoms with Crippen molar-refractivity contribution in [2.45, 2.75) is 38.9 Å². The molecule has 0 aliphatic carbocycles. The summed E-state index contributed by atoms with van der Waals surface area (Å²) >= 11 is 0. The van der Waals surface area contributed by atoms with Crippen LogP contribution in [0.3, 0.4) is 0 Å². The summed E-state index contributed by atoms with van der Waals surface area (Å²) in [4.78, 5) is 20.1. The topological polar surface area (TPSA) is 73.4 Å². The lowest BCUT2D eigenvalue weighted by Gasteiger charge is -2.41. The van der Waals surface area contributed by atoms with E-state index in [1.54, 1.807) is 0 Å². The Morgan fingerprint density at radius 2 is 2.22 bits per heavy atom. The molecule has 0 radical (unpaired) electrons. The maximum absolute atomic E-state index is 13.0. The zero-order chi connectivity index (χ0) is 16.1. The fourth-order valence-electron chi connectivity index (χ4n) is 3.69. The van der Waals surface area contributed by atoms with Gasteiger partial charge in [0.25, 0.3) is 5.56 Å². The highest BCUT2D eigenvalue weighted by atomic mass is 16.5. The quantitative estimate of drug-likeness (QED) is 0.860. The third-order valence-corrected chi connectivity index (χ3v) is 4.87. The molecule has 0 bridgehead atoms. The summed E-state index contributed by atoms with van der Waals surface area (Å²) in [5.74, 6) is 0.771. The number of fused-ring (bicyclic) bond motifs is 4. The maximum Gasteiger partial charge on any atom is 0.262 e. The molecule has 122 valence electrons. The molecule has 1 fully saturated rings. The van der Waals surface area contributed by atoms with Gasteiger partial charge in [0.2, 0.25) is 5.95 Å². The monoisotopic (exact) mass is 314 g/mol. The Labute approximate surface area is 134 Å². The Balaban J connectivity index is 2.00. The van der Waals surface area contributed by atoms with Gasteiger partial charge in [0.05, 0.1) is 30.2 Å². The highest BCUT2D eigenvalue weighted by molar-refractivity contribution is 5.83. The van der Waals surface area contributed by atoms with Crippen molar-refractivity contribution < 1.29 is 4.74 Å². The molecule has 0 saturated carbocycles. The van der Waals surface area contributed by atoms with Crippen LogP contribution in [0.15, 0.2) is 16.9 Å². The van der Waals surface area contributed by atoms with Gasteiger partial charge in [-0.25, -0.2) is 4.98 Å². The van der Waals surface area contributed by atoms with E-state index in [1.165, 1.54) is 0 Å². The summed E-state index contributed by atoms with van der Waals surface area (Å²) in [6.45, 7) is 6.79. The number of nitrogens with zero attached hydrogens (tertiary/aromatic N) is 3. The normalized spacial score (nSPS) is 21.9. The van der Waals surface area contributed by atoms with Gasteiger partial charge in [-0.2, -0.15) is 0 Å². The number of aryl methyl sites for hydroxylation is 1. The molecule has 23 heavy (non-hydrogen) atoms. The molecule has 0 amide bonds. The van der Waals surface area contributed by atoms with Crippen LogP contribution in [0, 0.1) is 6.92 Å². The largest absolute Gasteiger partial charge is 0.377 e. The minimum Gasteiger partial charge on any atom is -0.377 e. The van der Waals surface area contributed by atoms with Crippen LogP contribution in [0.25, 0.3) is 10.9 Å². The van der Waals surface area contributed by atoms with E-state index in [0.717, 1.165) is 35.6 Å². The summed E-state index contributed by atoms with van der Waals surface area (Å²) < 4.78 is 7.39. The molecular formula is C17H22N4O2. The van der Waals surface area contributed by atoms with Gasteiger partial charge in [0.15, 0.2) is 0 Å². The van der Waals surface area contributed by atoms with Crippen molar-refractivity contribution in [1.29, 1.82) is 0 Å². The predicted molar refractivity (Wildman–Crippen MR) is 89.9 cm³/mol. The Kier molecular flexibility index (Phi) is 3.39. The second-order valence-electron chi connectivity index (χ2n) is 6.62. The van der Waals surface area contributed by atoms with Crippen LogP contribution in [0.5, 0.6) is 0 Å². The fourth-order valence-corrected chi connectivity index (χ4v) is 3.69. The number of rotatable bonds is 1. The van der Waals surface area contributed by atoms with E-state index in [0.29, 0.717) is 31.2 Å². The molecule has 2 aromatic rings. The standard InChI is InChI=1S/C17H22N4O2/c1-10-7-13(11(2)18)15-14(8-10)16(22)21-4-3-12-9-23-6-5-20(12)17(21)19-15/h7-8,11-12H,3-6,9,18H2,1-2H3/t11-,12?/m1/s1. The maximum atomic E-state index is 13.0. The summed E-state index contributed by atoms with van der Waals surface area (Å²) in [5, 5.41) is 0.674. The van der Waals surface area contributed by atoms with Gasteiger partial charge in [0, 0.05) is 19.1 Å². The van der Waals surface area contributed by atoms with Gasteiger partial charge in [-0.15, -0.1) is 0 Å². The summed E-state index contributed by atoms with van der Waals surface area (Å²) in [7, 11) is 0. The molecule has 1 aromatic carbocycles. The Bertz CT molecular complexity index is 827. The van der Waals surface area contributed by atoms with Crippen LogP contribution < -0.4 is 16.2 Å².